The Labute approximate surface area is 92.2 Å². The van der Waals surface area contributed by atoms with Crippen LogP contribution in [-0.4, -0.2) is 26.8 Å². The summed E-state index contributed by atoms with van der Waals surface area (Å²) >= 11 is 0. The zero-order valence-corrected chi connectivity index (χ0v) is 9.24. The predicted molar refractivity (Wildman–Crippen MR) is 57.9 cm³/mol. The van der Waals surface area contributed by atoms with Gasteiger partial charge in [-0.2, -0.15) is 8.42 Å². The lowest BCUT2D eigenvalue weighted by Gasteiger charge is -2.04. The van der Waals surface area contributed by atoms with Gasteiger partial charge in [0.15, 0.2) is 6.29 Å². The predicted octanol–water partition coefficient (Wildman–Crippen LogP) is 1.32. The molecule has 0 fully saturated rings. The minimum atomic E-state index is -3.76. The van der Waals surface area contributed by atoms with Gasteiger partial charge >= 0.3 is 0 Å². The third kappa shape index (κ3) is 1.52. The minimum absolute atomic E-state index is 0.0526. The SMILES string of the molecule is COS(=O)(=O)c1ccc(C=O)c2[nH]ccc12. The molecule has 1 aromatic heterocycles. The first-order chi connectivity index (χ1) is 7.60. The van der Waals surface area contributed by atoms with Crippen LogP contribution in [0.4, 0.5) is 0 Å². The summed E-state index contributed by atoms with van der Waals surface area (Å²) in [6.07, 6.45) is 2.24. The van der Waals surface area contributed by atoms with Crippen LogP contribution in [0.25, 0.3) is 10.9 Å². The number of aromatic amines is 1. The second-order valence-corrected chi connectivity index (χ2v) is 4.84. The fraction of sp³-hybridized carbons (Fsp3) is 0.100. The van der Waals surface area contributed by atoms with Crippen LogP contribution in [0.15, 0.2) is 29.3 Å². The largest absolute Gasteiger partial charge is 0.361 e. The molecular formula is C10H9NO4S. The molecule has 0 spiro atoms. The molecule has 1 aromatic carbocycles. The molecule has 1 N–H and O–H groups in total. The van der Waals surface area contributed by atoms with Gasteiger partial charge in [-0.15, -0.1) is 0 Å². The van der Waals surface area contributed by atoms with Crippen molar-refractivity contribution in [1.29, 1.82) is 0 Å². The molecule has 5 nitrogen and oxygen atoms in total. The molecular weight excluding hydrogens is 230 g/mol. The zero-order chi connectivity index (χ0) is 11.8. The molecule has 0 unspecified atom stereocenters. The van der Waals surface area contributed by atoms with Crippen molar-refractivity contribution < 1.29 is 17.4 Å². The van der Waals surface area contributed by atoms with Crippen molar-refractivity contribution in [1.82, 2.24) is 4.98 Å². The van der Waals surface area contributed by atoms with Crippen molar-refractivity contribution in [3.8, 4) is 0 Å². The lowest BCUT2D eigenvalue weighted by molar-refractivity contribution is 0.112. The van der Waals surface area contributed by atoms with E-state index in [1.54, 1.807) is 12.3 Å². The molecule has 0 saturated carbocycles. The number of benzene rings is 1. The second kappa shape index (κ2) is 3.73. The average molecular weight is 239 g/mol. The Morgan fingerprint density at radius 1 is 1.31 bits per heavy atom. The highest BCUT2D eigenvalue weighted by Crippen LogP contribution is 2.25. The van der Waals surface area contributed by atoms with Crippen molar-refractivity contribution in [2.75, 3.05) is 7.11 Å². The lowest BCUT2D eigenvalue weighted by Crippen LogP contribution is -2.03. The molecule has 0 bridgehead atoms. The van der Waals surface area contributed by atoms with Gasteiger partial charge in [0.25, 0.3) is 10.1 Å². The molecule has 2 rings (SSSR count). The average Bonchev–Trinajstić information content (AvgIpc) is 2.76. The summed E-state index contributed by atoms with van der Waals surface area (Å²) in [5.41, 5.74) is 0.906. The monoisotopic (exact) mass is 239 g/mol. The van der Waals surface area contributed by atoms with Crippen molar-refractivity contribution in [3.05, 3.63) is 30.0 Å². The van der Waals surface area contributed by atoms with E-state index >= 15 is 0 Å². The van der Waals surface area contributed by atoms with Gasteiger partial charge < -0.3 is 4.98 Å². The highest BCUT2D eigenvalue weighted by atomic mass is 32.2. The summed E-state index contributed by atoms with van der Waals surface area (Å²) in [4.78, 5) is 13.6. The number of nitrogens with one attached hydrogen (secondary N) is 1. The van der Waals surface area contributed by atoms with E-state index in [1.807, 2.05) is 0 Å². The van der Waals surface area contributed by atoms with Crippen molar-refractivity contribution in [2.45, 2.75) is 4.90 Å². The van der Waals surface area contributed by atoms with E-state index in [2.05, 4.69) is 9.17 Å². The van der Waals surface area contributed by atoms with Crippen LogP contribution in [0.2, 0.25) is 0 Å². The van der Waals surface area contributed by atoms with Crippen molar-refractivity contribution >= 4 is 27.3 Å². The maximum absolute atomic E-state index is 11.6. The number of carbonyl (C=O) groups excluding carboxylic acids is 1. The number of H-pyrrole nitrogens is 1. The smallest absolute Gasteiger partial charge is 0.297 e. The van der Waals surface area contributed by atoms with E-state index in [9.17, 15) is 13.2 Å². The molecule has 1 heterocycles. The van der Waals surface area contributed by atoms with E-state index in [0.29, 0.717) is 22.8 Å². The first-order valence-corrected chi connectivity index (χ1v) is 5.87. The van der Waals surface area contributed by atoms with E-state index in [0.717, 1.165) is 7.11 Å². The highest BCUT2D eigenvalue weighted by Gasteiger charge is 2.18. The third-order valence-corrected chi connectivity index (χ3v) is 3.66. The van der Waals surface area contributed by atoms with Crippen LogP contribution >= 0.6 is 0 Å². The van der Waals surface area contributed by atoms with Gasteiger partial charge in [-0.3, -0.25) is 8.98 Å². The number of aromatic nitrogens is 1. The summed E-state index contributed by atoms with van der Waals surface area (Å²) < 4.78 is 27.6. The minimum Gasteiger partial charge on any atom is -0.361 e. The van der Waals surface area contributed by atoms with Gasteiger partial charge in [-0.25, -0.2) is 0 Å². The maximum atomic E-state index is 11.6. The summed E-state index contributed by atoms with van der Waals surface area (Å²) in [5, 5.41) is 0.450. The number of aldehydes is 1. The molecule has 16 heavy (non-hydrogen) atoms. The molecule has 0 radical (unpaired) electrons. The van der Waals surface area contributed by atoms with E-state index in [1.165, 1.54) is 12.1 Å². The quantitative estimate of drug-likeness (QED) is 0.647. The lowest BCUT2D eigenvalue weighted by atomic mass is 10.2. The first kappa shape index (κ1) is 10.8. The maximum Gasteiger partial charge on any atom is 0.297 e. The Hall–Kier alpha value is -1.66. The third-order valence-electron chi connectivity index (χ3n) is 2.33. The first-order valence-electron chi connectivity index (χ1n) is 4.46. The Bertz CT molecular complexity index is 642. The molecule has 0 saturated heterocycles. The van der Waals surface area contributed by atoms with Crippen LogP contribution in [0, 0.1) is 0 Å². The van der Waals surface area contributed by atoms with Crippen LogP contribution in [0.5, 0.6) is 0 Å². The van der Waals surface area contributed by atoms with Crippen LogP contribution < -0.4 is 0 Å². The highest BCUT2D eigenvalue weighted by molar-refractivity contribution is 7.87. The summed E-state index contributed by atoms with van der Waals surface area (Å²) in [7, 11) is -2.66. The number of hydrogen-bond donors (Lipinski definition) is 1. The van der Waals surface area contributed by atoms with E-state index < -0.39 is 10.1 Å². The number of carbonyl (C=O) groups is 1. The molecule has 0 aliphatic carbocycles. The molecule has 84 valence electrons. The number of fused-ring (bicyclic) bond motifs is 1. The Kier molecular flexibility index (Phi) is 2.53. The summed E-state index contributed by atoms with van der Waals surface area (Å²) in [6.45, 7) is 0. The Morgan fingerprint density at radius 2 is 2.06 bits per heavy atom. The summed E-state index contributed by atoms with van der Waals surface area (Å²) in [6, 6.07) is 4.39. The van der Waals surface area contributed by atoms with Crippen LogP contribution in [-0.2, 0) is 14.3 Å². The Morgan fingerprint density at radius 3 is 2.69 bits per heavy atom. The molecule has 0 atom stereocenters. The fourth-order valence-electron chi connectivity index (χ4n) is 1.56. The summed E-state index contributed by atoms with van der Waals surface area (Å²) in [5.74, 6) is 0. The normalized spacial score (nSPS) is 11.8. The standard InChI is InChI=1S/C10H9NO4S/c1-15-16(13,14)9-3-2-7(6-12)10-8(9)4-5-11-10/h2-6,11H,1H3. The molecule has 0 aliphatic rings. The van der Waals surface area contributed by atoms with E-state index in [4.69, 9.17) is 0 Å². The van der Waals surface area contributed by atoms with Gasteiger partial charge in [0, 0.05) is 17.1 Å². The van der Waals surface area contributed by atoms with Gasteiger partial charge in [-0.05, 0) is 18.2 Å². The molecule has 0 aliphatic heterocycles. The van der Waals surface area contributed by atoms with Crippen LogP contribution in [0.3, 0.4) is 0 Å². The van der Waals surface area contributed by atoms with Gasteiger partial charge in [0.2, 0.25) is 0 Å². The molecule has 0 amide bonds. The van der Waals surface area contributed by atoms with Gasteiger partial charge in [-0.1, -0.05) is 0 Å². The Balaban J connectivity index is 2.84. The molecule has 6 heteroatoms. The number of rotatable bonds is 3. The number of hydrogen-bond acceptors (Lipinski definition) is 4. The second-order valence-electron chi connectivity index (χ2n) is 3.16. The zero-order valence-electron chi connectivity index (χ0n) is 8.43. The topological polar surface area (TPSA) is 76.2 Å². The van der Waals surface area contributed by atoms with Gasteiger partial charge in [0.1, 0.15) is 4.90 Å². The van der Waals surface area contributed by atoms with Crippen molar-refractivity contribution in [3.63, 3.8) is 0 Å². The van der Waals surface area contributed by atoms with E-state index in [-0.39, 0.29) is 4.90 Å². The van der Waals surface area contributed by atoms with Crippen molar-refractivity contribution in [2.24, 2.45) is 0 Å². The van der Waals surface area contributed by atoms with Crippen LogP contribution in [0.1, 0.15) is 10.4 Å². The molecule has 2 aromatic rings. The fourth-order valence-corrected chi connectivity index (χ4v) is 2.41. The van der Waals surface area contributed by atoms with Gasteiger partial charge in [0.05, 0.1) is 12.6 Å².